The number of rotatable bonds is 5. The van der Waals surface area contributed by atoms with Crippen LogP contribution in [-0.2, 0) is 4.79 Å². The molecule has 0 bridgehead atoms. The first-order chi connectivity index (χ1) is 15.5. The molecule has 5 nitrogen and oxygen atoms in total. The summed E-state index contributed by atoms with van der Waals surface area (Å²) in [5.74, 6) is 1.17. The van der Waals surface area contributed by atoms with Gasteiger partial charge in [0, 0.05) is 30.1 Å². The summed E-state index contributed by atoms with van der Waals surface area (Å²) in [7, 11) is 0. The summed E-state index contributed by atoms with van der Waals surface area (Å²) in [5.41, 5.74) is 0.444. The molecule has 2 aliphatic rings. The van der Waals surface area contributed by atoms with Crippen LogP contribution in [-0.4, -0.2) is 35.8 Å². The van der Waals surface area contributed by atoms with Crippen LogP contribution in [0.5, 0.6) is 11.5 Å². The average molecular weight is 475 g/mol. The van der Waals surface area contributed by atoms with Crippen molar-refractivity contribution in [2.24, 2.45) is 5.92 Å². The lowest BCUT2D eigenvalue weighted by atomic mass is 9.87. The second kappa shape index (κ2) is 10.6. The third-order valence-corrected chi connectivity index (χ3v) is 6.87. The molecule has 2 amide bonds. The minimum atomic E-state index is -0.192. The van der Waals surface area contributed by atoms with E-state index in [0.29, 0.717) is 46.1 Å². The Morgan fingerprint density at radius 2 is 1.62 bits per heavy atom. The maximum atomic E-state index is 13.0. The maximum absolute atomic E-state index is 13.0. The predicted octanol–water partition coefficient (Wildman–Crippen LogP) is 6.09. The van der Waals surface area contributed by atoms with Crippen LogP contribution in [0.4, 0.5) is 0 Å². The van der Waals surface area contributed by atoms with E-state index in [2.05, 4.69) is 5.32 Å². The Kier molecular flexibility index (Phi) is 7.59. The van der Waals surface area contributed by atoms with Crippen LogP contribution < -0.4 is 10.1 Å². The van der Waals surface area contributed by atoms with E-state index in [1.54, 1.807) is 36.4 Å². The molecule has 4 rings (SSSR count). The van der Waals surface area contributed by atoms with Gasteiger partial charge in [0.2, 0.25) is 5.91 Å². The Labute approximate surface area is 199 Å². The van der Waals surface area contributed by atoms with Gasteiger partial charge in [-0.1, -0.05) is 54.6 Å². The Bertz CT molecular complexity index is 967. The van der Waals surface area contributed by atoms with E-state index in [-0.39, 0.29) is 17.9 Å². The molecule has 0 unspecified atom stereocenters. The summed E-state index contributed by atoms with van der Waals surface area (Å²) in [5, 5.41) is 4.01. The van der Waals surface area contributed by atoms with Gasteiger partial charge in [0.05, 0.1) is 10.6 Å². The molecule has 170 valence electrons. The zero-order valence-electron chi connectivity index (χ0n) is 18.0. The van der Waals surface area contributed by atoms with Crippen molar-refractivity contribution < 1.29 is 14.3 Å². The van der Waals surface area contributed by atoms with E-state index >= 15 is 0 Å². The van der Waals surface area contributed by atoms with Crippen LogP contribution in [0.25, 0.3) is 0 Å². The molecule has 1 aliphatic carbocycles. The normalized spacial score (nSPS) is 17.8. The highest BCUT2D eigenvalue weighted by molar-refractivity contribution is 6.35. The average Bonchev–Trinajstić information content (AvgIpc) is 2.82. The molecule has 0 spiro atoms. The molecule has 1 aliphatic heterocycles. The SMILES string of the molecule is O=C(NC1CCN(C(=O)C2CCCCC2)CC1)c1ccccc1Oc1ccc(Cl)cc1Cl. The molecule has 0 atom stereocenters. The number of para-hydroxylation sites is 1. The summed E-state index contributed by atoms with van der Waals surface area (Å²) in [6, 6.07) is 12.1. The lowest BCUT2D eigenvalue weighted by Crippen LogP contribution is -2.48. The minimum absolute atomic E-state index is 0.0325. The Morgan fingerprint density at radius 1 is 0.906 bits per heavy atom. The number of nitrogens with zero attached hydrogens (tertiary/aromatic N) is 1. The molecular formula is C25H28Cl2N2O3. The van der Waals surface area contributed by atoms with Gasteiger partial charge in [0.15, 0.2) is 0 Å². The number of carbonyl (C=O) groups is 2. The molecule has 1 saturated heterocycles. The van der Waals surface area contributed by atoms with Crippen molar-refractivity contribution in [1.82, 2.24) is 10.2 Å². The standard InChI is InChI=1S/C25H28Cl2N2O3/c26-18-10-11-23(21(27)16-18)32-22-9-5-4-8-20(22)24(30)28-19-12-14-29(15-13-19)25(31)17-6-2-1-3-7-17/h4-5,8-11,16-17,19H,1-3,6-7,12-15H2,(H,28,30). The number of benzene rings is 2. The molecule has 7 heteroatoms. The maximum Gasteiger partial charge on any atom is 0.255 e. The number of halogens is 2. The van der Waals surface area contributed by atoms with E-state index in [0.717, 1.165) is 38.5 Å². The molecule has 2 aromatic carbocycles. The zero-order chi connectivity index (χ0) is 22.5. The van der Waals surface area contributed by atoms with Gasteiger partial charge in [-0.2, -0.15) is 0 Å². The van der Waals surface area contributed by atoms with Gasteiger partial charge in [-0.05, 0) is 56.0 Å². The smallest absolute Gasteiger partial charge is 0.255 e. The summed E-state index contributed by atoms with van der Waals surface area (Å²) in [4.78, 5) is 27.8. The monoisotopic (exact) mass is 474 g/mol. The van der Waals surface area contributed by atoms with E-state index < -0.39 is 0 Å². The minimum Gasteiger partial charge on any atom is -0.455 e. The molecule has 0 radical (unpaired) electrons. The Morgan fingerprint density at radius 3 is 2.34 bits per heavy atom. The Balaban J connectivity index is 1.35. The van der Waals surface area contributed by atoms with Gasteiger partial charge < -0.3 is 15.0 Å². The largest absolute Gasteiger partial charge is 0.455 e. The fourth-order valence-corrected chi connectivity index (χ4v) is 4.98. The quantitative estimate of drug-likeness (QED) is 0.570. The van der Waals surface area contributed by atoms with Crippen molar-refractivity contribution in [2.75, 3.05) is 13.1 Å². The molecule has 1 saturated carbocycles. The van der Waals surface area contributed by atoms with Crippen LogP contribution in [0.1, 0.15) is 55.3 Å². The first-order valence-electron chi connectivity index (χ1n) is 11.3. The van der Waals surface area contributed by atoms with Crippen molar-refractivity contribution >= 4 is 35.0 Å². The highest BCUT2D eigenvalue weighted by atomic mass is 35.5. The second-order valence-corrected chi connectivity index (χ2v) is 9.42. The van der Waals surface area contributed by atoms with E-state index in [9.17, 15) is 9.59 Å². The van der Waals surface area contributed by atoms with Crippen LogP contribution in [0.15, 0.2) is 42.5 Å². The van der Waals surface area contributed by atoms with Crippen LogP contribution in [0.2, 0.25) is 10.0 Å². The molecule has 2 aromatic rings. The highest BCUT2D eigenvalue weighted by Gasteiger charge is 2.30. The predicted molar refractivity (Wildman–Crippen MR) is 127 cm³/mol. The lowest BCUT2D eigenvalue weighted by molar-refractivity contribution is -0.137. The van der Waals surface area contributed by atoms with Gasteiger partial charge in [-0.25, -0.2) is 0 Å². The third-order valence-electron chi connectivity index (χ3n) is 6.34. The number of hydrogen-bond acceptors (Lipinski definition) is 3. The van der Waals surface area contributed by atoms with Crippen LogP contribution in [0.3, 0.4) is 0 Å². The number of likely N-dealkylation sites (tertiary alicyclic amines) is 1. The number of hydrogen-bond donors (Lipinski definition) is 1. The fraction of sp³-hybridized carbons (Fsp3) is 0.440. The van der Waals surface area contributed by atoms with E-state index in [1.165, 1.54) is 6.42 Å². The molecule has 32 heavy (non-hydrogen) atoms. The Hall–Kier alpha value is -2.24. The van der Waals surface area contributed by atoms with Crippen molar-refractivity contribution in [1.29, 1.82) is 0 Å². The van der Waals surface area contributed by atoms with Crippen LogP contribution in [0, 0.1) is 5.92 Å². The summed E-state index contributed by atoms with van der Waals surface area (Å²) in [6.45, 7) is 1.39. The van der Waals surface area contributed by atoms with Gasteiger partial charge >= 0.3 is 0 Å². The van der Waals surface area contributed by atoms with Gasteiger partial charge in [0.25, 0.3) is 5.91 Å². The van der Waals surface area contributed by atoms with Crippen molar-refractivity contribution in [2.45, 2.75) is 51.0 Å². The molecule has 1 N–H and O–H groups in total. The van der Waals surface area contributed by atoms with Gasteiger partial charge in [-0.3, -0.25) is 9.59 Å². The topological polar surface area (TPSA) is 58.6 Å². The van der Waals surface area contributed by atoms with Gasteiger partial charge in [0.1, 0.15) is 11.5 Å². The summed E-state index contributed by atoms with van der Waals surface area (Å²) < 4.78 is 5.92. The first kappa shape index (κ1) is 22.9. The summed E-state index contributed by atoms with van der Waals surface area (Å²) in [6.07, 6.45) is 7.12. The number of amides is 2. The zero-order valence-corrected chi connectivity index (χ0v) is 19.5. The molecule has 2 fully saturated rings. The van der Waals surface area contributed by atoms with Crippen molar-refractivity contribution in [3.8, 4) is 11.5 Å². The fourth-order valence-electron chi connectivity index (χ4n) is 4.53. The van der Waals surface area contributed by atoms with Gasteiger partial charge in [-0.15, -0.1) is 0 Å². The number of nitrogens with one attached hydrogen (secondary N) is 1. The molecule has 0 aromatic heterocycles. The molecule has 1 heterocycles. The second-order valence-electron chi connectivity index (χ2n) is 8.58. The van der Waals surface area contributed by atoms with Crippen molar-refractivity contribution in [3.05, 3.63) is 58.1 Å². The van der Waals surface area contributed by atoms with E-state index in [4.69, 9.17) is 27.9 Å². The lowest BCUT2D eigenvalue weighted by Gasteiger charge is -2.35. The van der Waals surface area contributed by atoms with Crippen molar-refractivity contribution in [3.63, 3.8) is 0 Å². The first-order valence-corrected chi connectivity index (χ1v) is 12.1. The number of ether oxygens (including phenoxy) is 1. The highest BCUT2D eigenvalue weighted by Crippen LogP contribution is 2.33. The van der Waals surface area contributed by atoms with E-state index in [1.807, 2.05) is 11.0 Å². The molecular weight excluding hydrogens is 447 g/mol. The summed E-state index contributed by atoms with van der Waals surface area (Å²) >= 11 is 12.2. The number of piperidine rings is 1. The number of carbonyl (C=O) groups excluding carboxylic acids is 2. The van der Waals surface area contributed by atoms with Crippen LogP contribution >= 0.6 is 23.2 Å². The third kappa shape index (κ3) is 5.57.